The molecule has 0 saturated heterocycles. The number of ether oxygens (including phenoxy) is 1. The van der Waals surface area contributed by atoms with Gasteiger partial charge in [0.1, 0.15) is 18.0 Å². The zero-order valence-electron chi connectivity index (χ0n) is 12.3. The van der Waals surface area contributed by atoms with Gasteiger partial charge >= 0.3 is 0 Å². The molecule has 106 valence electrons. The Kier molecular flexibility index (Phi) is 6.21. The van der Waals surface area contributed by atoms with Crippen LogP contribution in [0.4, 0.5) is 11.6 Å². The van der Waals surface area contributed by atoms with Crippen LogP contribution < -0.4 is 10.2 Å². The Hall–Kier alpha value is -1.69. The van der Waals surface area contributed by atoms with Crippen LogP contribution in [0.1, 0.15) is 12.5 Å². The van der Waals surface area contributed by atoms with Gasteiger partial charge in [-0.05, 0) is 13.8 Å². The van der Waals surface area contributed by atoms with Gasteiger partial charge in [0.25, 0.3) is 0 Å². The second-order valence-corrected chi connectivity index (χ2v) is 4.49. The van der Waals surface area contributed by atoms with E-state index in [0.717, 1.165) is 23.7 Å². The maximum Gasteiger partial charge on any atom is 0.137 e. The maximum absolute atomic E-state index is 5.11. The molecule has 1 rings (SSSR count). The Morgan fingerprint density at radius 1 is 1.53 bits per heavy atom. The first-order valence-corrected chi connectivity index (χ1v) is 6.29. The smallest absolute Gasteiger partial charge is 0.137 e. The molecule has 0 aliphatic heterocycles. The van der Waals surface area contributed by atoms with Crippen LogP contribution in [0.3, 0.4) is 0 Å². The second-order valence-electron chi connectivity index (χ2n) is 4.49. The lowest BCUT2D eigenvalue weighted by Crippen LogP contribution is -2.25. The fourth-order valence-corrected chi connectivity index (χ4v) is 1.79. The lowest BCUT2D eigenvalue weighted by atomic mass is 10.2. The van der Waals surface area contributed by atoms with Crippen molar-refractivity contribution >= 4 is 17.9 Å². The van der Waals surface area contributed by atoms with Crippen LogP contribution in [0.5, 0.6) is 0 Å². The lowest BCUT2D eigenvalue weighted by Gasteiger charge is -2.21. The number of anilines is 2. The summed E-state index contributed by atoms with van der Waals surface area (Å²) in [5, 5.41) is 3.33. The first-order valence-electron chi connectivity index (χ1n) is 6.29. The van der Waals surface area contributed by atoms with E-state index in [-0.39, 0.29) is 6.04 Å². The molecule has 0 bridgehead atoms. The van der Waals surface area contributed by atoms with E-state index in [1.807, 2.05) is 25.1 Å². The highest BCUT2D eigenvalue weighted by Crippen LogP contribution is 2.21. The van der Waals surface area contributed by atoms with E-state index >= 15 is 0 Å². The highest BCUT2D eigenvalue weighted by Gasteiger charge is 2.12. The second kappa shape index (κ2) is 7.68. The molecule has 0 radical (unpaired) electrons. The number of aromatic nitrogens is 2. The molecule has 19 heavy (non-hydrogen) atoms. The summed E-state index contributed by atoms with van der Waals surface area (Å²) in [5.41, 5.74) is 1.03. The van der Waals surface area contributed by atoms with Gasteiger partial charge in [0.15, 0.2) is 0 Å². The summed E-state index contributed by atoms with van der Waals surface area (Å²) >= 11 is 0. The molecule has 0 saturated carbocycles. The molecule has 0 aliphatic rings. The molecule has 0 amide bonds. The number of nitrogens with one attached hydrogen (secondary N) is 1. The van der Waals surface area contributed by atoms with Gasteiger partial charge in [-0.3, -0.25) is 4.99 Å². The van der Waals surface area contributed by atoms with Crippen LogP contribution in [0.2, 0.25) is 0 Å². The van der Waals surface area contributed by atoms with Crippen molar-refractivity contribution < 1.29 is 4.74 Å². The molecular formula is C13H23N5O. The van der Waals surface area contributed by atoms with E-state index < -0.39 is 0 Å². The first kappa shape index (κ1) is 15.4. The summed E-state index contributed by atoms with van der Waals surface area (Å²) in [6, 6.07) is 0.203. The molecule has 0 spiro atoms. The Balaban J connectivity index is 2.85. The number of hydrogen-bond acceptors (Lipinski definition) is 6. The average molecular weight is 265 g/mol. The largest absolute Gasteiger partial charge is 0.383 e. The van der Waals surface area contributed by atoms with Crippen molar-refractivity contribution in [2.75, 3.05) is 44.6 Å². The third-order valence-electron chi connectivity index (χ3n) is 2.76. The summed E-state index contributed by atoms with van der Waals surface area (Å²) in [6.07, 6.45) is 3.42. The van der Waals surface area contributed by atoms with Gasteiger partial charge in [0, 0.05) is 39.0 Å². The topological polar surface area (TPSA) is 62.6 Å². The third-order valence-corrected chi connectivity index (χ3v) is 2.76. The van der Waals surface area contributed by atoms with Gasteiger partial charge in [-0.2, -0.15) is 0 Å². The Labute approximate surface area is 114 Å². The number of aliphatic imine (C=N–C) groups is 1. The van der Waals surface area contributed by atoms with Crippen LogP contribution in [-0.4, -0.2) is 56.6 Å². The van der Waals surface area contributed by atoms with E-state index in [1.54, 1.807) is 20.5 Å². The normalized spacial score (nSPS) is 12.7. The summed E-state index contributed by atoms with van der Waals surface area (Å²) in [6.45, 7) is 5.42. The van der Waals surface area contributed by atoms with Crippen LogP contribution >= 0.6 is 0 Å². The Morgan fingerprint density at radius 3 is 2.89 bits per heavy atom. The number of nitrogens with zero attached hydrogens (tertiary/aromatic N) is 4. The predicted molar refractivity (Wildman–Crippen MR) is 79.4 cm³/mol. The lowest BCUT2D eigenvalue weighted by molar-refractivity contribution is 0.190. The minimum absolute atomic E-state index is 0.203. The van der Waals surface area contributed by atoms with Crippen molar-refractivity contribution in [1.82, 2.24) is 9.97 Å². The Morgan fingerprint density at radius 2 is 2.26 bits per heavy atom. The average Bonchev–Trinajstić information content (AvgIpc) is 2.38. The zero-order chi connectivity index (χ0) is 14.3. The van der Waals surface area contributed by atoms with Crippen LogP contribution in [0, 0.1) is 6.92 Å². The van der Waals surface area contributed by atoms with E-state index in [4.69, 9.17) is 4.74 Å². The van der Waals surface area contributed by atoms with E-state index in [2.05, 4.69) is 27.2 Å². The predicted octanol–water partition coefficient (Wildman–Crippen LogP) is 1.37. The molecule has 0 fully saturated rings. The van der Waals surface area contributed by atoms with Crippen molar-refractivity contribution in [2.45, 2.75) is 19.9 Å². The van der Waals surface area contributed by atoms with E-state index in [9.17, 15) is 0 Å². The maximum atomic E-state index is 5.11. The molecule has 1 aromatic heterocycles. The minimum atomic E-state index is 0.203. The molecule has 6 heteroatoms. The SMILES string of the molecule is C/N=C/CN(C)c1ncnc(N[C@H](C)COC)c1C. The number of rotatable bonds is 7. The van der Waals surface area contributed by atoms with Crippen molar-refractivity contribution in [3.05, 3.63) is 11.9 Å². The molecule has 0 unspecified atom stereocenters. The van der Waals surface area contributed by atoms with Gasteiger partial charge < -0.3 is 15.0 Å². The van der Waals surface area contributed by atoms with E-state index in [0.29, 0.717) is 6.61 Å². The van der Waals surface area contributed by atoms with Crippen LogP contribution in [0.25, 0.3) is 0 Å². The first-order chi connectivity index (χ1) is 9.10. The van der Waals surface area contributed by atoms with Gasteiger partial charge in [-0.25, -0.2) is 9.97 Å². The molecule has 6 nitrogen and oxygen atoms in total. The van der Waals surface area contributed by atoms with Gasteiger partial charge in [0.2, 0.25) is 0 Å². The van der Waals surface area contributed by atoms with Crippen molar-refractivity contribution in [3.8, 4) is 0 Å². The molecule has 1 aromatic rings. The number of methoxy groups -OCH3 is 1. The summed E-state index contributed by atoms with van der Waals surface area (Å²) in [7, 11) is 5.44. The van der Waals surface area contributed by atoms with Crippen molar-refractivity contribution in [2.24, 2.45) is 4.99 Å². The number of hydrogen-bond donors (Lipinski definition) is 1. The molecule has 1 atom stereocenters. The van der Waals surface area contributed by atoms with Crippen LogP contribution in [-0.2, 0) is 4.74 Å². The van der Waals surface area contributed by atoms with Gasteiger partial charge in [-0.1, -0.05) is 0 Å². The van der Waals surface area contributed by atoms with Gasteiger partial charge in [-0.15, -0.1) is 0 Å². The van der Waals surface area contributed by atoms with Crippen LogP contribution in [0.15, 0.2) is 11.3 Å². The molecule has 0 aliphatic carbocycles. The standard InChI is InChI=1S/C13H23N5O/c1-10(8-19-5)17-12-11(2)13(16-9-15-12)18(4)7-6-14-3/h6,9-10H,7-8H2,1-5H3,(H,15,16,17)/b14-6+/t10-/m1/s1. The van der Waals surface area contributed by atoms with Crippen molar-refractivity contribution in [1.29, 1.82) is 0 Å². The molecule has 0 aromatic carbocycles. The highest BCUT2D eigenvalue weighted by atomic mass is 16.5. The summed E-state index contributed by atoms with van der Waals surface area (Å²) in [4.78, 5) is 14.6. The summed E-state index contributed by atoms with van der Waals surface area (Å²) < 4.78 is 5.11. The minimum Gasteiger partial charge on any atom is -0.383 e. The molecular weight excluding hydrogens is 242 g/mol. The quantitative estimate of drug-likeness (QED) is 0.754. The highest BCUT2D eigenvalue weighted by molar-refractivity contribution is 5.67. The van der Waals surface area contributed by atoms with E-state index in [1.165, 1.54) is 0 Å². The molecule has 1 heterocycles. The third kappa shape index (κ3) is 4.48. The fourth-order valence-electron chi connectivity index (χ4n) is 1.79. The monoisotopic (exact) mass is 265 g/mol. The Bertz CT molecular complexity index is 421. The molecule has 1 N–H and O–H groups in total. The van der Waals surface area contributed by atoms with Crippen molar-refractivity contribution in [3.63, 3.8) is 0 Å². The fraction of sp³-hybridized carbons (Fsp3) is 0.615. The summed E-state index contributed by atoms with van der Waals surface area (Å²) in [5.74, 6) is 1.75. The zero-order valence-corrected chi connectivity index (χ0v) is 12.3. The van der Waals surface area contributed by atoms with Gasteiger partial charge in [0.05, 0.1) is 13.2 Å².